The van der Waals surface area contributed by atoms with Crippen molar-refractivity contribution in [1.82, 2.24) is 15.1 Å². The van der Waals surface area contributed by atoms with Crippen LogP contribution in [0.2, 0.25) is 0 Å². The fraction of sp³-hybridized carbons (Fsp3) is 1.00. The number of hydrogen-bond donors (Lipinski definition) is 1. The van der Waals surface area contributed by atoms with Crippen molar-refractivity contribution >= 4 is 0 Å². The van der Waals surface area contributed by atoms with Crippen molar-refractivity contribution in [3.05, 3.63) is 0 Å². The molecule has 1 N–H and O–H groups in total. The first kappa shape index (κ1) is 14.9. The molecule has 0 aromatic rings. The molecule has 0 bridgehead atoms. The maximum absolute atomic E-state index is 3.56. The van der Waals surface area contributed by atoms with Crippen molar-refractivity contribution in [1.29, 1.82) is 0 Å². The molecule has 102 valence electrons. The topological polar surface area (TPSA) is 18.5 Å². The largest absolute Gasteiger partial charge is 0.315 e. The molecule has 2 unspecified atom stereocenters. The van der Waals surface area contributed by atoms with Gasteiger partial charge in [0.05, 0.1) is 0 Å². The third-order valence-electron chi connectivity index (χ3n) is 3.73. The Labute approximate surface area is 108 Å². The van der Waals surface area contributed by atoms with Gasteiger partial charge in [-0.25, -0.2) is 0 Å². The zero-order valence-corrected chi connectivity index (χ0v) is 12.4. The van der Waals surface area contributed by atoms with E-state index in [4.69, 9.17) is 0 Å². The van der Waals surface area contributed by atoms with Gasteiger partial charge in [0.2, 0.25) is 0 Å². The van der Waals surface area contributed by atoms with E-state index in [2.05, 4.69) is 50.0 Å². The fourth-order valence-electron chi connectivity index (χ4n) is 2.75. The van der Waals surface area contributed by atoms with Gasteiger partial charge in [-0.3, -0.25) is 4.90 Å². The van der Waals surface area contributed by atoms with Crippen LogP contribution >= 0.6 is 0 Å². The number of nitrogens with one attached hydrogen (secondary N) is 1. The molecule has 1 aliphatic rings. The van der Waals surface area contributed by atoms with E-state index in [1.54, 1.807) is 0 Å². The Balaban J connectivity index is 2.54. The highest BCUT2D eigenvalue weighted by Gasteiger charge is 2.30. The summed E-state index contributed by atoms with van der Waals surface area (Å²) < 4.78 is 0. The van der Waals surface area contributed by atoms with E-state index >= 15 is 0 Å². The van der Waals surface area contributed by atoms with Gasteiger partial charge in [0, 0.05) is 32.2 Å². The molecule has 17 heavy (non-hydrogen) atoms. The molecule has 3 nitrogen and oxygen atoms in total. The molecule has 0 radical (unpaired) electrons. The minimum atomic E-state index is 0.752. The van der Waals surface area contributed by atoms with E-state index in [0.717, 1.165) is 17.9 Å². The van der Waals surface area contributed by atoms with Crippen LogP contribution in [-0.4, -0.2) is 62.7 Å². The maximum Gasteiger partial charge on any atom is 0.0261 e. The maximum atomic E-state index is 3.56. The van der Waals surface area contributed by atoms with E-state index in [9.17, 15) is 0 Å². The van der Waals surface area contributed by atoms with Crippen LogP contribution in [0.25, 0.3) is 0 Å². The Morgan fingerprint density at radius 2 is 1.88 bits per heavy atom. The molecule has 0 spiro atoms. The second kappa shape index (κ2) is 7.34. The van der Waals surface area contributed by atoms with Crippen LogP contribution in [0.5, 0.6) is 0 Å². The van der Waals surface area contributed by atoms with Gasteiger partial charge in [-0.1, -0.05) is 27.2 Å². The summed E-state index contributed by atoms with van der Waals surface area (Å²) in [6.45, 7) is 13.0. The van der Waals surface area contributed by atoms with Crippen molar-refractivity contribution < 1.29 is 0 Å². The van der Waals surface area contributed by atoms with Crippen molar-refractivity contribution in [2.45, 2.75) is 33.2 Å². The molecule has 3 heteroatoms. The predicted octanol–water partition coefficient (Wildman–Crippen LogP) is 1.50. The summed E-state index contributed by atoms with van der Waals surface area (Å²) in [7, 11) is 4.33. The van der Waals surface area contributed by atoms with E-state index in [0.29, 0.717) is 0 Å². The lowest BCUT2D eigenvalue weighted by Crippen LogP contribution is -2.45. The van der Waals surface area contributed by atoms with Crippen LogP contribution in [0.15, 0.2) is 0 Å². The first-order chi connectivity index (χ1) is 8.04. The molecule has 0 aromatic carbocycles. The van der Waals surface area contributed by atoms with Crippen LogP contribution in [-0.2, 0) is 0 Å². The summed E-state index contributed by atoms with van der Waals surface area (Å²) in [6.07, 6.45) is 1.30. The summed E-state index contributed by atoms with van der Waals surface area (Å²) in [5.74, 6) is 1.60. The van der Waals surface area contributed by atoms with Crippen LogP contribution < -0.4 is 5.32 Å². The van der Waals surface area contributed by atoms with Crippen molar-refractivity contribution in [2.75, 3.05) is 46.8 Å². The van der Waals surface area contributed by atoms with E-state index in [1.165, 1.54) is 39.1 Å². The molecular weight excluding hydrogens is 210 g/mol. The zero-order chi connectivity index (χ0) is 12.8. The van der Waals surface area contributed by atoms with Crippen LogP contribution in [0.4, 0.5) is 0 Å². The quantitative estimate of drug-likeness (QED) is 0.729. The average Bonchev–Trinajstić information content (AvgIpc) is 2.71. The lowest BCUT2D eigenvalue weighted by Gasteiger charge is -2.34. The fourth-order valence-corrected chi connectivity index (χ4v) is 2.75. The summed E-state index contributed by atoms with van der Waals surface area (Å²) in [5.41, 5.74) is 0. The Bertz CT molecular complexity index is 204. The summed E-state index contributed by atoms with van der Waals surface area (Å²) in [5, 5.41) is 3.56. The van der Waals surface area contributed by atoms with Gasteiger partial charge in [-0.15, -0.1) is 0 Å². The Kier molecular flexibility index (Phi) is 6.45. The lowest BCUT2D eigenvalue weighted by atomic mass is 9.98. The number of rotatable bonds is 7. The molecule has 0 aromatic heterocycles. The van der Waals surface area contributed by atoms with E-state index in [1.807, 2.05) is 0 Å². The summed E-state index contributed by atoms with van der Waals surface area (Å²) >= 11 is 0. The smallest absolute Gasteiger partial charge is 0.0261 e. The minimum Gasteiger partial charge on any atom is -0.315 e. The number of nitrogens with zero attached hydrogens (tertiary/aromatic N) is 2. The monoisotopic (exact) mass is 241 g/mol. The van der Waals surface area contributed by atoms with Gasteiger partial charge in [0.25, 0.3) is 0 Å². The van der Waals surface area contributed by atoms with Gasteiger partial charge in [0.1, 0.15) is 0 Å². The molecule has 1 aliphatic heterocycles. The van der Waals surface area contributed by atoms with Gasteiger partial charge in [-0.05, 0) is 32.5 Å². The molecule has 0 aliphatic carbocycles. The normalized spacial score (nSPS) is 25.4. The first-order valence-electron chi connectivity index (χ1n) is 7.14. The van der Waals surface area contributed by atoms with Crippen molar-refractivity contribution in [2.24, 2.45) is 11.8 Å². The molecule has 0 saturated carbocycles. The van der Waals surface area contributed by atoms with Gasteiger partial charge in [0.15, 0.2) is 0 Å². The number of hydrogen-bond acceptors (Lipinski definition) is 3. The minimum absolute atomic E-state index is 0.752. The van der Waals surface area contributed by atoms with Crippen LogP contribution in [0, 0.1) is 11.8 Å². The van der Waals surface area contributed by atoms with Gasteiger partial charge < -0.3 is 10.2 Å². The van der Waals surface area contributed by atoms with Crippen molar-refractivity contribution in [3.8, 4) is 0 Å². The zero-order valence-electron chi connectivity index (χ0n) is 12.4. The van der Waals surface area contributed by atoms with Crippen LogP contribution in [0.1, 0.15) is 27.2 Å². The van der Waals surface area contributed by atoms with Gasteiger partial charge >= 0.3 is 0 Å². The molecule has 1 rings (SSSR count). The molecule has 1 fully saturated rings. The Hall–Kier alpha value is -0.120. The lowest BCUT2D eigenvalue weighted by molar-refractivity contribution is 0.139. The molecule has 1 heterocycles. The third kappa shape index (κ3) is 4.94. The standard InChI is InChI=1S/C14H31N3/c1-6-13-9-15-10-14(13)17(11-12(2)3)8-7-16(4)5/h12-15H,6-11H2,1-5H3. The van der Waals surface area contributed by atoms with E-state index < -0.39 is 0 Å². The average molecular weight is 241 g/mol. The highest BCUT2D eigenvalue weighted by atomic mass is 15.2. The molecule has 0 amide bonds. The second-order valence-corrected chi connectivity index (χ2v) is 6.09. The Morgan fingerprint density at radius 1 is 1.18 bits per heavy atom. The Morgan fingerprint density at radius 3 is 2.41 bits per heavy atom. The van der Waals surface area contributed by atoms with Gasteiger partial charge in [-0.2, -0.15) is 0 Å². The second-order valence-electron chi connectivity index (χ2n) is 6.09. The number of likely N-dealkylation sites (N-methyl/N-ethyl adjacent to an activating group) is 1. The van der Waals surface area contributed by atoms with Crippen LogP contribution in [0.3, 0.4) is 0 Å². The molecule has 2 atom stereocenters. The molecule has 1 saturated heterocycles. The highest BCUT2D eigenvalue weighted by molar-refractivity contribution is 4.88. The van der Waals surface area contributed by atoms with Crippen molar-refractivity contribution in [3.63, 3.8) is 0 Å². The summed E-state index contributed by atoms with van der Waals surface area (Å²) in [4.78, 5) is 5.00. The first-order valence-corrected chi connectivity index (χ1v) is 7.14. The predicted molar refractivity (Wildman–Crippen MR) is 75.4 cm³/mol. The SMILES string of the molecule is CCC1CNCC1N(CCN(C)C)CC(C)C. The molecular formula is C14H31N3. The summed E-state index contributed by atoms with van der Waals surface area (Å²) in [6, 6.07) is 0.752. The van der Waals surface area contributed by atoms with E-state index in [-0.39, 0.29) is 0 Å². The highest BCUT2D eigenvalue weighted by Crippen LogP contribution is 2.20. The third-order valence-corrected chi connectivity index (χ3v) is 3.73.